The molecule has 0 bridgehead atoms. The summed E-state index contributed by atoms with van der Waals surface area (Å²) in [6.45, 7) is 3.01. The molecule has 2 heterocycles. The van der Waals surface area contributed by atoms with E-state index in [1.165, 1.54) is 29.8 Å². The van der Waals surface area contributed by atoms with E-state index in [-0.39, 0.29) is 42.9 Å². The smallest absolute Gasteiger partial charge is 0.358 e. The molecule has 33 heavy (non-hydrogen) atoms. The normalized spacial score (nSPS) is 10.6. The van der Waals surface area contributed by atoms with Gasteiger partial charge in [0, 0.05) is 30.3 Å². The lowest BCUT2D eigenvalue weighted by Crippen LogP contribution is -2.36. The molecular formula is C18H18N8O7. The van der Waals surface area contributed by atoms with Crippen molar-refractivity contribution in [3.63, 3.8) is 0 Å². The van der Waals surface area contributed by atoms with Crippen LogP contribution in [0, 0.1) is 34.1 Å². The number of benzene rings is 1. The Morgan fingerprint density at radius 3 is 2.52 bits per heavy atom. The van der Waals surface area contributed by atoms with Crippen molar-refractivity contribution in [1.82, 2.24) is 30.6 Å². The monoisotopic (exact) mass is 458 g/mol. The van der Waals surface area contributed by atoms with Gasteiger partial charge in [0.25, 0.3) is 5.69 Å². The highest BCUT2D eigenvalue weighted by molar-refractivity contribution is 5.90. The van der Waals surface area contributed by atoms with Crippen LogP contribution in [0.1, 0.15) is 21.9 Å². The van der Waals surface area contributed by atoms with Gasteiger partial charge in [-0.3, -0.25) is 19.7 Å². The maximum atomic E-state index is 12.2. The van der Waals surface area contributed by atoms with Gasteiger partial charge in [-0.15, -0.1) is 0 Å². The molecule has 3 rings (SSSR count). The van der Waals surface area contributed by atoms with Gasteiger partial charge in [-0.25, -0.2) is 0 Å². The van der Waals surface area contributed by atoms with E-state index < -0.39 is 21.7 Å². The van der Waals surface area contributed by atoms with Crippen LogP contribution in [0.2, 0.25) is 0 Å². The quantitative estimate of drug-likeness (QED) is 0.264. The van der Waals surface area contributed by atoms with Gasteiger partial charge in [-0.2, -0.15) is 9.67 Å². The SMILES string of the molecule is Cc1c(-c2noc(C(=O)NCCNC(=O)Cn3nc([N+](=O)[O-])cc3C)n2)cccc1[N+](=O)[O-]. The first-order valence-electron chi connectivity index (χ1n) is 9.49. The molecule has 1 aromatic carbocycles. The summed E-state index contributed by atoms with van der Waals surface area (Å²) in [6.07, 6.45) is 0. The third kappa shape index (κ3) is 5.33. The number of hydrogen-bond donors (Lipinski definition) is 2. The average Bonchev–Trinajstić information content (AvgIpc) is 3.38. The summed E-state index contributed by atoms with van der Waals surface area (Å²) in [7, 11) is 0. The maximum absolute atomic E-state index is 12.2. The number of rotatable bonds is 9. The molecule has 0 atom stereocenters. The van der Waals surface area contributed by atoms with Crippen molar-refractivity contribution < 1.29 is 24.0 Å². The predicted molar refractivity (Wildman–Crippen MR) is 110 cm³/mol. The molecule has 0 radical (unpaired) electrons. The molecular weight excluding hydrogens is 440 g/mol. The minimum atomic E-state index is -0.690. The highest BCUT2D eigenvalue weighted by atomic mass is 16.6. The summed E-state index contributed by atoms with van der Waals surface area (Å²) in [6, 6.07) is 5.64. The van der Waals surface area contributed by atoms with E-state index in [4.69, 9.17) is 4.52 Å². The van der Waals surface area contributed by atoms with Crippen molar-refractivity contribution in [3.8, 4) is 11.4 Å². The number of nitro benzene ring substituents is 1. The van der Waals surface area contributed by atoms with Gasteiger partial charge >= 0.3 is 17.6 Å². The minimum Gasteiger partial charge on any atom is -0.358 e. The van der Waals surface area contributed by atoms with Crippen molar-refractivity contribution >= 4 is 23.3 Å². The van der Waals surface area contributed by atoms with Gasteiger partial charge in [-0.05, 0) is 18.8 Å². The number of carbonyl (C=O) groups is 2. The van der Waals surface area contributed by atoms with Gasteiger partial charge in [0.05, 0.1) is 21.8 Å². The summed E-state index contributed by atoms with van der Waals surface area (Å²) >= 11 is 0. The molecule has 0 saturated carbocycles. The van der Waals surface area contributed by atoms with Crippen molar-refractivity contribution in [3.05, 3.63) is 61.6 Å². The van der Waals surface area contributed by atoms with Crippen LogP contribution in [0.25, 0.3) is 11.4 Å². The van der Waals surface area contributed by atoms with E-state index in [2.05, 4.69) is 25.9 Å². The number of aryl methyl sites for hydroxylation is 1. The molecule has 15 heteroatoms. The van der Waals surface area contributed by atoms with E-state index in [1.807, 2.05) is 0 Å². The number of amides is 2. The Kier molecular flexibility index (Phi) is 6.71. The third-order valence-electron chi connectivity index (χ3n) is 4.54. The van der Waals surface area contributed by atoms with E-state index in [1.54, 1.807) is 13.0 Å². The molecule has 2 aromatic heterocycles. The highest BCUT2D eigenvalue weighted by Gasteiger charge is 2.21. The molecule has 15 nitrogen and oxygen atoms in total. The molecule has 2 N–H and O–H groups in total. The molecule has 0 aliphatic rings. The van der Waals surface area contributed by atoms with Crippen LogP contribution in [-0.4, -0.2) is 54.7 Å². The molecule has 2 amide bonds. The number of aromatic nitrogens is 4. The van der Waals surface area contributed by atoms with E-state index in [0.29, 0.717) is 16.8 Å². The third-order valence-corrected chi connectivity index (χ3v) is 4.54. The molecule has 0 fully saturated rings. The zero-order chi connectivity index (χ0) is 24.1. The van der Waals surface area contributed by atoms with Crippen molar-refractivity contribution in [1.29, 1.82) is 0 Å². The Labute approximate surface area is 185 Å². The van der Waals surface area contributed by atoms with Crippen molar-refractivity contribution in [2.45, 2.75) is 20.4 Å². The predicted octanol–water partition coefficient (Wildman–Crippen LogP) is 0.913. The first-order chi connectivity index (χ1) is 15.7. The van der Waals surface area contributed by atoms with Gasteiger partial charge in [0.15, 0.2) is 0 Å². The fourth-order valence-corrected chi connectivity index (χ4v) is 2.88. The number of hydrogen-bond acceptors (Lipinski definition) is 10. The Bertz CT molecular complexity index is 1230. The number of nitrogens with zero attached hydrogens (tertiary/aromatic N) is 6. The summed E-state index contributed by atoms with van der Waals surface area (Å²) in [5.41, 5.74) is 1.03. The van der Waals surface area contributed by atoms with Crippen LogP contribution in [0.3, 0.4) is 0 Å². The van der Waals surface area contributed by atoms with Gasteiger partial charge in [0.1, 0.15) is 6.54 Å². The Morgan fingerprint density at radius 1 is 1.12 bits per heavy atom. The van der Waals surface area contributed by atoms with E-state index >= 15 is 0 Å². The zero-order valence-corrected chi connectivity index (χ0v) is 17.5. The number of carbonyl (C=O) groups excluding carboxylic acids is 2. The summed E-state index contributed by atoms with van der Waals surface area (Å²) in [4.78, 5) is 48.8. The first-order valence-corrected chi connectivity index (χ1v) is 9.49. The van der Waals surface area contributed by atoms with Crippen LogP contribution in [0.4, 0.5) is 11.5 Å². The van der Waals surface area contributed by atoms with Crippen LogP contribution < -0.4 is 10.6 Å². The average molecular weight is 458 g/mol. The highest BCUT2D eigenvalue weighted by Crippen LogP contribution is 2.27. The molecule has 0 unspecified atom stereocenters. The fraction of sp³-hybridized carbons (Fsp3) is 0.278. The molecule has 0 aliphatic carbocycles. The van der Waals surface area contributed by atoms with Gasteiger partial charge in [-0.1, -0.05) is 17.3 Å². The second-order valence-corrected chi connectivity index (χ2v) is 6.79. The second-order valence-electron chi connectivity index (χ2n) is 6.79. The van der Waals surface area contributed by atoms with E-state index in [9.17, 15) is 29.8 Å². The molecule has 3 aromatic rings. The molecule has 0 saturated heterocycles. The van der Waals surface area contributed by atoms with Crippen LogP contribution in [0.15, 0.2) is 28.8 Å². The lowest BCUT2D eigenvalue weighted by Gasteiger charge is -2.05. The molecule has 0 spiro atoms. The molecule has 172 valence electrons. The lowest BCUT2D eigenvalue weighted by molar-refractivity contribution is -0.389. The largest absolute Gasteiger partial charge is 0.390 e. The fourth-order valence-electron chi connectivity index (χ4n) is 2.88. The first kappa shape index (κ1) is 23.0. The van der Waals surface area contributed by atoms with Gasteiger partial charge < -0.3 is 25.3 Å². The lowest BCUT2D eigenvalue weighted by atomic mass is 10.1. The number of nitro groups is 2. The second kappa shape index (κ2) is 9.63. The Hall–Kier alpha value is -4.69. The topological polar surface area (TPSA) is 201 Å². The Balaban J connectivity index is 1.51. The maximum Gasteiger partial charge on any atom is 0.390 e. The van der Waals surface area contributed by atoms with E-state index in [0.717, 1.165) is 0 Å². The van der Waals surface area contributed by atoms with Crippen LogP contribution in [0.5, 0.6) is 0 Å². The van der Waals surface area contributed by atoms with Crippen LogP contribution >= 0.6 is 0 Å². The minimum absolute atomic E-state index is 0.0262. The van der Waals surface area contributed by atoms with Crippen LogP contribution in [-0.2, 0) is 11.3 Å². The number of nitrogens with one attached hydrogen (secondary N) is 2. The summed E-state index contributed by atoms with van der Waals surface area (Å²) in [5, 5.41) is 34.3. The summed E-state index contributed by atoms with van der Waals surface area (Å²) < 4.78 is 6.13. The zero-order valence-electron chi connectivity index (χ0n) is 17.5. The van der Waals surface area contributed by atoms with Gasteiger partial charge in [0.2, 0.25) is 11.7 Å². The molecule has 0 aliphatic heterocycles. The van der Waals surface area contributed by atoms with Crippen molar-refractivity contribution in [2.75, 3.05) is 13.1 Å². The van der Waals surface area contributed by atoms with Crippen molar-refractivity contribution in [2.24, 2.45) is 0 Å². The Morgan fingerprint density at radius 2 is 1.85 bits per heavy atom. The summed E-state index contributed by atoms with van der Waals surface area (Å²) in [5.74, 6) is -1.82. The standard InChI is InChI=1S/C18H18N8O7/c1-10-8-14(26(31)32)22-24(10)9-15(27)19-6-7-20-17(28)18-21-16(23-33-18)12-4-3-5-13(11(12)2)25(29)30/h3-5,8H,6-7,9H2,1-2H3,(H,19,27)(H,20,28).